The molecule has 0 aromatic rings. The van der Waals surface area contributed by atoms with Crippen LogP contribution >= 0.6 is 0 Å². The molecule has 0 amide bonds. The fourth-order valence-corrected chi connectivity index (χ4v) is 12.7. The Balaban J connectivity index is 1.10. The van der Waals surface area contributed by atoms with E-state index in [4.69, 9.17) is 18.6 Å². The van der Waals surface area contributed by atoms with Crippen molar-refractivity contribution in [1.29, 1.82) is 0 Å². The molecule has 3 heterocycles. The van der Waals surface area contributed by atoms with E-state index in [2.05, 4.69) is 61.6 Å². The van der Waals surface area contributed by atoms with Gasteiger partial charge in [-0.25, -0.2) is 0 Å². The van der Waals surface area contributed by atoms with Crippen LogP contribution in [0.4, 0.5) is 0 Å². The van der Waals surface area contributed by atoms with Crippen LogP contribution in [0.1, 0.15) is 106 Å². The Hall–Kier alpha value is 0.0569. The summed E-state index contributed by atoms with van der Waals surface area (Å²) in [6, 6.07) is 0. The number of hydrogen-bond donors (Lipinski definition) is 0. The van der Waals surface area contributed by atoms with Gasteiger partial charge in [0.1, 0.15) is 5.60 Å². The molecule has 4 aliphatic carbocycles. The molecule has 7 aliphatic rings. The zero-order valence-electron chi connectivity index (χ0n) is 25.9. The summed E-state index contributed by atoms with van der Waals surface area (Å²) in [5.74, 6) is 3.88. The standard InChI is InChI=1S/C33H56O4Si/c1-20-10-15-33(34-19-20)21(2)28-26(35-33)17-25-23-16-27-32(36-27)18-22(37-38(8,9)29(3,4)5)11-14-31(32,7)24(23)12-13-30(25,28)6/h20-28H,10-19H2,1-9H3/t20-,21+,22+,23-,24+,25+,26+,27?,28+,30+,31-,32?,33-/m1/s1. The number of fused-ring (bicyclic) bond motifs is 6. The van der Waals surface area contributed by atoms with Gasteiger partial charge in [0, 0.05) is 30.3 Å². The van der Waals surface area contributed by atoms with Crippen LogP contribution in [0.3, 0.4) is 0 Å². The van der Waals surface area contributed by atoms with E-state index in [0.29, 0.717) is 46.9 Å². The summed E-state index contributed by atoms with van der Waals surface area (Å²) in [6.45, 7) is 22.9. The zero-order valence-corrected chi connectivity index (χ0v) is 26.9. The highest BCUT2D eigenvalue weighted by molar-refractivity contribution is 6.74. The van der Waals surface area contributed by atoms with Crippen LogP contribution in [0.15, 0.2) is 0 Å². The Kier molecular flexibility index (Phi) is 5.75. The summed E-state index contributed by atoms with van der Waals surface area (Å²) in [5, 5.41) is 0.264. The summed E-state index contributed by atoms with van der Waals surface area (Å²) in [5.41, 5.74) is 0.778. The van der Waals surface area contributed by atoms with Crippen LogP contribution in [0, 0.1) is 46.3 Å². The van der Waals surface area contributed by atoms with Gasteiger partial charge in [0.2, 0.25) is 0 Å². The van der Waals surface area contributed by atoms with E-state index in [1.54, 1.807) is 0 Å². The van der Waals surface area contributed by atoms with Crippen LogP contribution in [-0.4, -0.2) is 44.6 Å². The van der Waals surface area contributed by atoms with Gasteiger partial charge in [-0.3, -0.25) is 0 Å². The number of rotatable bonds is 2. The van der Waals surface area contributed by atoms with Crippen molar-refractivity contribution in [3.63, 3.8) is 0 Å². The Morgan fingerprint density at radius 3 is 2.34 bits per heavy atom. The van der Waals surface area contributed by atoms with Crippen LogP contribution in [0.2, 0.25) is 18.1 Å². The second-order valence-electron chi connectivity index (χ2n) is 17.3. The lowest BCUT2D eigenvalue weighted by atomic mass is 9.44. The van der Waals surface area contributed by atoms with Crippen molar-refractivity contribution in [2.24, 2.45) is 46.3 Å². The molecular formula is C33H56O4Si. The van der Waals surface area contributed by atoms with Gasteiger partial charge in [-0.15, -0.1) is 0 Å². The molecule has 0 N–H and O–H groups in total. The monoisotopic (exact) mass is 544 g/mol. The van der Waals surface area contributed by atoms with Crippen molar-refractivity contribution in [2.75, 3.05) is 6.61 Å². The molecule has 0 radical (unpaired) electrons. The lowest BCUT2D eigenvalue weighted by Crippen LogP contribution is -2.60. The third-order valence-electron chi connectivity index (χ3n) is 14.6. The quantitative estimate of drug-likeness (QED) is 0.261. The highest BCUT2D eigenvalue weighted by Crippen LogP contribution is 2.76. The largest absolute Gasteiger partial charge is 0.414 e. The zero-order chi connectivity index (χ0) is 27.1. The van der Waals surface area contributed by atoms with Gasteiger partial charge in [-0.1, -0.05) is 48.5 Å². The van der Waals surface area contributed by atoms with E-state index in [1.165, 1.54) is 44.9 Å². The number of ether oxygens (including phenoxy) is 3. The van der Waals surface area contributed by atoms with Crippen LogP contribution < -0.4 is 0 Å². The molecule has 2 unspecified atom stereocenters. The van der Waals surface area contributed by atoms with Crippen molar-refractivity contribution >= 4 is 8.32 Å². The average molecular weight is 545 g/mol. The summed E-state index contributed by atoms with van der Waals surface area (Å²) >= 11 is 0. The fourth-order valence-electron chi connectivity index (χ4n) is 11.4. The molecule has 3 saturated heterocycles. The van der Waals surface area contributed by atoms with Crippen molar-refractivity contribution in [3.8, 4) is 0 Å². The van der Waals surface area contributed by atoms with Gasteiger partial charge >= 0.3 is 0 Å². The van der Waals surface area contributed by atoms with Crippen LogP contribution in [-0.2, 0) is 18.6 Å². The fraction of sp³-hybridized carbons (Fsp3) is 1.00. The Morgan fingerprint density at radius 2 is 1.66 bits per heavy atom. The predicted molar refractivity (Wildman–Crippen MR) is 153 cm³/mol. The third-order valence-corrected chi connectivity index (χ3v) is 19.1. The number of hydrogen-bond acceptors (Lipinski definition) is 4. The van der Waals surface area contributed by atoms with E-state index in [9.17, 15) is 0 Å². The van der Waals surface area contributed by atoms with Crippen molar-refractivity contribution in [2.45, 2.75) is 154 Å². The molecule has 5 heteroatoms. The molecule has 216 valence electrons. The van der Waals surface area contributed by atoms with Crippen molar-refractivity contribution < 1.29 is 18.6 Å². The highest BCUT2D eigenvalue weighted by atomic mass is 28.4. The molecule has 3 aliphatic heterocycles. The normalized spacial score (nSPS) is 57.6. The lowest BCUT2D eigenvalue weighted by Gasteiger charge is -2.60. The van der Waals surface area contributed by atoms with Gasteiger partial charge in [0.25, 0.3) is 0 Å². The Labute approximate surface area is 233 Å². The predicted octanol–water partition coefficient (Wildman–Crippen LogP) is 7.95. The molecule has 13 atom stereocenters. The molecular weight excluding hydrogens is 488 g/mol. The molecule has 7 rings (SSSR count). The maximum Gasteiger partial charge on any atom is 0.192 e. The third kappa shape index (κ3) is 3.41. The second-order valence-corrected chi connectivity index (χ2v) is 22.0. The minimum atomic E-state index is -1.77. The molecule has 0 aromatic carbocycles. The van der Waals surface area contributed by atoms with Crippen LogP contribution in [0.25, 0.3) is 0 Å². The average Bonchev–Trinajstić information content (AvgIpc) is 3.34. The summed E-state index contributed by atoms with van der Waals surface area (Å²) in [6.07, 6.45) is 12.5. The smallest absolute Gasteiger partial charge is 0.192 e. The maximum atomic E-state index is 7.00. The summed E-state index contributed by atoms with van der Waals surface area (Å²) in [4.78, 5) is 0. The lowest BCUT2D eigenvalue weighted by molar-refractivity contribution is -0.273. The molecule has 7 fully saturated rings. The maximum absolute atomic E-state index is 7.00. The first kappa shape index (κ1) is 26.9. The van der Waals surface area contributed by atoms with Gasteiger partial charge < -0.3 is 18.6 Å². The second kappa shape index (κ2) is 8.11. The Bertz CT molecular complexity index is 967. The van der Waals surface area contributed by atoms with Crippen LogP contribution in [0.5, 0.6) is 0 Å². The van der Waals surface area contributed by atoms with Crippen molar-refractivity contribution in [1.82, 2.24) is 0 Å². The van der Waals surface area contributed by atoms with Gasteiger partial charge in [-0.05, 0) is 98.1 Å². The molecule has 4 nitrogen and oxygen atoms in total. The first-order chi connectivity index (χ1) is 17.7. The molecule has 38 heavy (non-hydrogen) atoms. The van der Waals surface area contributed by atoms with Gasteiger partial charge in [0.15, 0.2) is 14.1 Å². The first-order valence-electron chi connectivity index (χ1n) is 16.3. The molecule has 0 aromatic heterocycles. The van der Waals surface area contributed by atoms with E-state index in [0.717, 1.165) is 37.2 Å². The highest BCUT2D eigenvalue weighted by Gasteiger charge is 2.77. The van der Waals surface area contributed by atoms with E-state index >= 15 is 0 Å². The minimum absolute atomic E-state index is 0.0855. The SMILES string of the molecule is C[C@@H]1CC[C@@]2(OC1)O[C@H]1C[C@H]3[C@@H]4CC5OC56C[C@@H](O[Si](C)(C)C(C)(C)C)CC[C@]6(C)[C@H]4CC[C@]3(C)[C@H]1[C@@H]2C. The van der Waals surface area contributed by atoms with E-state index in [1.807, 2.05) is 0 Å². The summed E-state index contributed by atoms with van der Waals surface area (Å²) in [7, 11) is -1.77. The van der Waals surface area contributed by atoms with Gasteiger partial charge in [-0.2, -0.15) is 0 Å². The number of epoxide rings is 1. The Morgan fingerprint density at radius 1 is 0.895 bits per heavy atom. The first-order valence-corrected chi connectivity index (χ1v) is 19.2. The topological polar surface area (TPSA) is 40.2 Å². The molecule has 4 saturated carbocycles. The van der Waals surface area contributed by atoms with E-state index in [-0.39, 0.29) is 16.4 Å². The van der Waals surface area contributed by atoms with Crippen molar-refractivity contribution in [3.05, 3.63) is 0 Å². The molecule has 0 bridgehead atoms. The van der Waals surface area contributed by atoms with E-state index < -0.39 is 8.32 Å². The van der Waals surface area contributed by atoms with Gasteiger partial charge in [0.05, 0.1) is 18.8 Å². The minimum Gasteiger partial charge on any atom is -0.414 e. The molecule has 2 spiro atoms. The summed E-state index contributed by atoms with van der Waals surface area (Å²) < 4.78 is 27.4.